The summed E-state index contributed by atoms with van der Waals surface area (Å²) in [5.41, 5.74) is 1.46. The number of carbonyl (C=O) groups excluding carboxylic acids is 2. The van der Waals surface area contributed by atoms with Crippen molar-refractivity contribution in [2.45, 2.75) is 6.42 Å². The maximum Gasteiger partial charge on any atom is 0.348 e. The van der Waals surface area contributed by atoms with Gasteiger partial charge < -0.3 is 10.1 Å². The second kappa shape index (κ2) is 7.80. The van der Waals surface area contributed by atoms with Crippen LogP contribution in [0.1, 0.15) is 15.2 Å². The standard InChI is InChI=1S/C21H14N2O3S2/c22-10-9-13-5-7-14(8-6-13)23-19(24)12-26-21(25)18-11-17-20(28-18)15-3-1-2-4-16(15)27-17/h1-8,11H,9,12H2,(H,23,24). The molecule has 2 aromatic heterocycles. The number of nitriles is 1. The van der Waals surface area contributed by atoms with Crippen molar-refractivity contribution in [1.82, 2.24) is 0 Å². The molecule has 0 unspecified atom stereocenters. The van der Waals surface area contributed by atoms with Crippen molar-refractivity contribution in [3.8, 4) is 6.07 Å². The molecule has 0 aliphatic rings. The molecule has 0 radical (unpaired) electrons. The zero-order valence-electron chi connectivity index (χ0n) is 14.6. The Hall–Kier alpha value is -3.21. The van der Waals surface area contributed by atoms with Crippen LogP contribution in [0, 0.1) is 11.3 Å². The average Bonchev–Trinajstić information content (AvgIpc) is 3.26. The van der Waals surface area contributed by atoms with Crippen molar-refractivity contribution >= 4 is 59.7 Å². The van der Waals surface area contributed by atoms with Crippen LogP contribution in [0.2, 0.25) is 0 Å². The van der Waals surface area contributed by atoms with Crippen LogP contribution in [-0.4, -0.2) is 18.5 Å². The second-order valence-electron chi connectivity index (χ2n) is 6.06. The molecule has 1 amide bonds. The summed E-state index contributed by atoms with van der Waals surface area (Å²) in [5.74, 6) is -0.915. The molecule has 5 nitrogen and oxygen atoms in total. The summed E-state index contributed by atoms with van der Waals surface area (Å²) < 4.78 is 8.45. The zero-order chi connectivity index (χ0) is 19.5. The number of benzene rings is 2. The fraction of sp³-hybridized carbons (Fsp3) is 0.0952. The van der Waals surface area contributed by atoms with E-state index < -0.39 is 11.9 Å². The Labute approximate surface area is 168 Å². The molecule has 2 heterocycles. The molecule has 28 heavy (non-hydrogen) atoms. The predicted molar refractivity (Wildman–Crippen MR) is 112 cm³/mol. The Morgan fingerprint density at radius 1 is 1.04 bits per heavy atom. The second-order valence-corrected chi connectivity index (χ2v) is 8.19. The van der Waals surface area contributed by atoms with E-state index in [2.05, 4.69) is 17.5 Å². The van der Waals surface area contributed by atoms with Gasteiger partial charge in [-0.2, -0.15) is 5.26 Å². The summed E-state index contributed by atoms with van der Waals surface area (Å²) in [6.07, 6.45) is 0.319. The van der Waals surface area contributed by atoms with E-state index in [9.17, 15) is 9.59 Å². The van der Waals surface area contributed by atoms with Crippen molar-refractivity contribution in [1.29, 1.82) is 5.26 Å². The molecular weight excluding hydrogens is 392 g/mol. The first-order chi connectivity index (χ1) is 13.6. The lowest BCUT2D eigenvalue weighted by atomic mass is 10.1. The van der Waals surface area contributed by atoms with Gasteiger partial charge in [-0.25, -0.2) is 4.79 Å². The smallest absolute Gasteiger partial charge is 0.348 e. The highest BCUT2D eigenvalue weighted by Crippen LogP contribution is 2.39. The van der Waals surface area contributed by atoms with E-state index in [1.54, 1.807) is 35.6 Å². The summed E-state index contributed by atoms with van der Waals surface area (Å²) in [6, 6.07) is 18.9. The van der Waals surface area contributed by atoms with Gasteiger partial charge in [0, 0.05) is 20.5 Å². The first-order valence-corrected chi connectivity index (χ1v) is 10.1. The Kier molecular flexibility index (Phi) is 5.06. The summed E-state index contributed by atoms with van der Waals surface area (Å²) >= 11 is 3.02. The molecule has 1 N–H and O–H groups in total. The minimum absolute atomic E-state index is 0.319. The molecule has 0 fully saturated rings. The number of rotatable bonds is 5. The van der Waals surface area contributed by atoms with Crippen LogP contribution >= 0.6 is 22.7 Å². The van der Waals surface area contributed by atoms with Crippen molar-refractivity contribution in [3.63, 3.8) is 0 Å². The summed E-state index contributed by atoms with van der Waals surface area (Å²) in [4.78, 5) is 24.8. The van der Waals surface area contributed by atoms with Gasteiger partial charge in [0.2, 0.25) is 0 Å². The van der Waals surface area contributed by atoms with Crippen molar-refractivity contribution < 1.29 is 14.3 Å². The zero-order valence-corrected chi connectivity index (χ0v) is 16.2. The van der Waals surface area contributed by atoms with Gasteiger partial charge in [0.05, 0.1) is 17.2 Å². The molecule has 4 rings (SSSR count). The number of esters is 1. The van der Waals surface area contributed by atoms with Crippen molar-refractivity contribution in [2.75, 3.05) is 11.9 Å². The lowest BCUT2D eigenvalue weighted by molar-refractivity contribution is -0.119. The van der Waals surface area contributed by atoms with E-state index in [0.717, 1.165) is 20.3 Å². The summed E-state index contributed by atoms with van der Waals surface area (Å²) in [5, 5.41) is 12.5. The maximum absolute atomic E-state index is 12.3. The van der Waals surface area contributed by atoms with Crippen LogP contribution in [0.5, 0.6) is 0 Å². The van der Waals surface area contributed by atoms with Gasteiger partial charge in [0.1, 0.15) is 4.88 Å². The number of carbonyl (C=O) groups is 2. The Bertz CT molecular complexity index is 1220. The lowest BCUT2D eigenvalue weighted by Gasteiger charge is -2.06. The third-order valence-corrected chi connectivity index (χ3v) is 6.50. The van der Waals surface area contributed by atoms with Gasteiger partial charge >= 0.3 is 5.97 Å². The Balaban J connectivity index is 1.37. The first-order valence-electron chi connectivity index (χ1n) is 8.48. The number of ether oxygens (including phenoxy) is 1. The molecule has 7 heteroatoms. The van der Waals surface area contributed by atoms with E-state index in [0.29, 0.717) is 17.0 Å². The largest absolute Gasteiger partial charge is 0.451 e. The van der Waals surface area contributed by atoms with Gasteiger partial charge in [0.15, 0.2) is 6.61 Å². The number of thiophene rings is 2. The normalized spacial score (nSPS) is 10.7. The Morgan fingerprint density at radius 3 is 2.61 bits per heavy atom. The predicted octanol–water partition coefficient (Wildman–Crippen LogP) is 4.98. The molecule has 0 bridgehead atoms. The number of hydrogen-bond acceptors (Lipinski definition) is 6. The van der Waals surface area contributed by atoms with E-state index in [4.69, 9.17) is 10.00 Å². The van der Waals surface area contributed by atoms with Crippen molar-refractivity contribution in [2.24, 2.45) is 0 Å². The molecule has 138 valence electrons. The summed E-state index contributed by atoms with van der Waals surface area (Å²) in [7, 11) is 0. The van der Waals surface area contributed by atoms with E-state index >= 15 is 0 Å². The number of nitrogens with zero attached hydrogens (tertiary/aromatic N) is 1. The van der Waals surface area contributed by atoms with Gasteiger partial charge in [-0.3, -0.25) is 4.79 Å². The molecule has 0 atom stereocenters. The topological polar surface area (TPSA) is 79.2 Å². The third kappa shape index (κ3) is 3.74. The van der Waals surface area contributed by atoms with Gasteiger partial charge in [-0.1, -0.05) is 30.3 Å². The highest BCUT2D eigenvalue weighted by Gasteiger charge is 2.16. The molecule has 0 saturated heterocycles. The van der Waals surface area contributed by atoms with Gasteiger partial charge in [0.25, 0.3) is 5.91 Å². The Morgan fingerprint density at radius 2 is 1.82 bits per heavy atom. The van der Waals surface area contributed by atoms with Gasteiger partial charge in [-0.15, -0.1) is 22.7 Å². The van der Waals surface area contributed by atoms with E-state index in [-0.39, 0.29) is 6.61 Å². The number of anilines is 1. The first kappa shape index (κ1) is 18.2. The molecule has 2 aromatic carbocycles. The molecule has 0 saturated carbocycles. The third-order valence-electron chi connectivity index (χ3n) is 4.11. The quantitative estimate of drug-likeness (QED) is 0.474. The highest BCUT2D eigenvalue weighted by atomic mass is 32.1. The SMILES string of the molecule is N#CCc1ccc(NC(=O)COC(=O)c2cc3sc4ccccc4c3s2)cc1. The maximum atomic E-state index is 12.3. The number of hydrogen-bond donors (Lipinski definition) is 1. The fourth-order valence-corrected chi connectivity index (χ4v) is 5.22. The lowest BCUT2D eigenvalue weighted by Crippen LogP contribution is -2.20. The van der Waals surface area contributed by atoms with Crippen LogP contribution < -0.4 is 5.32 Å². The molecule has 0 spiro atoms. The molecular formula is C21H14N2O3S2. The molecule has 4 aromatic rings. The fourth-order valence-electron chi connectivity index (χ4n) is 2.80. The van der Waals surface area contributed by atoms with Crippen LogP contribution in [0.25, 0.3) is 19.5 Å². The summed E-state index contributed by atoms with van der Waals surface area (Å²) in [6.45, 7) is -0.356. The highest BCUT2D eigenvalue weighted by molar-refractivity contribution is 7.33. The minimum Gasteiger partial charge on any atom is -0.451 e. The molecule has 0 aliphatic heterocycles. The van der Waals surface area contributed by atoms with Crippen molar-refractivity contribution in [3.05, 3.63) is 65.0 Å². The van der Waals surface area contributed by atoms with E-state index in [1.165, 1.54) is 16.0 Å². The number of amides is 1. The van der Waals surface area contributed by atoms with Crippen LogP contribution in [-0.2, 0) is 16.0 Å². The number of nitrogens with one attached hydrogen (secondary N) is 1. The van der Waals surface area contributed by atoms with Crippen LogP contribution in [0.3, 0.4) is 0 Å². The minimum atomic E-state index is -0.503. The average molecular weight is 406 g/mol. The molecule has 0 aliphatic carbocycles. The number of fused-ring (bicyclic) bond motifs is 3. The van der Waals surface area contributed by atoms with Crippen LogP contribution in [0.15, 0.2) is 54.6 Å². The van der Waals surface area contributed by atoms with Crippen LogP contribution in [0.4, 0.5) is 5.69 Å². The van der Waals surface area contributed by atoms with E-state index in [1.807, 2.05) is 24.3 Å². The van der Waals surface area contributed by atoms with Gasteiger partial charge in [-0.05, 0) is 29.8 Å². The monoisotopic (exact) mass is 406 g/mol.